The summed E-state index contributed by atoms with van der Waals surface area (Å²) in [5.74, 6) is -0.971. The van der Waals surface area contributed by atoms with Crippen molar-refractivity contribution in [1.82, 2.24) is 10.2 Å². The van der Waals surface area contributed by atoms with Gasteiger partial charge in [-0.1, -0.05) is 12.1 Å². The monoisotopic (exact) mass is 465 g/mol. The Bertz CT molecular complexity index is 981. The van der Waals surface area contributed by atoms with Crippen LogP contribution in [0.3, 0.4) is 0 Å². The highest BCUT2D eigenvalue weighted by Gasteiger charge is 2.42. The first-order chi connectivity index (χ1) is 15.8. The fraction of sp³-hybridized carbons (Fsp3) is 0.458. The first-order valence-corrected chi connectivity index (χ1v) is 11.0. The number of fused-ring (bicyclic) bond motifs is 3. The van der Waals surface area contributed by atoms with Gasteiger partial charge in [0.05, 0.1) is 24.1 Å². The van der Waals surface area contributed by atoms with Crippen LogP contribution in [0.15, 0.2) is 42.5 Å². The normalized spacial score (nSPS) is 20.8. The zero-order valence-electron chi connectivity index (χ0n) is 18.4. The minimum Gasteiger partial charge on any atom is -0.383 e. The average molecular weight is 465 g/mol. The number of hydrogen-bond acceptors (Lipinski definition) is 4. The number of halogens is 4. The summed E-state index contributed by atoms with van der Waals surface area (Å²) in [5.41, 5.74) is 1.57. The molecular weight excluding hydrogens is 438 g/mol. The highest BCUT2D eigenvalue weighted by atomic mass is 19.4. The molecule has 2 atom stereocenters. The van der Waals surface area contributed by atoms with Gasteiger partial charge in [-0.3, -0.25) is 9.69 Å². The van der Waals surface area contributed by atoms with Crippen molar-refractivity contribution in [3.05, 3.63) is 65.0 Å². The zero-order valence-corrected chi connectivity index (χ0v) is 18.4. The first-order valence-electron chi connectivity index (χ1n) is 11.0. The van der Waals surface area contributed by atoms with Crippen molar-refractivity contribution in [2.45, 2.75) is 25.2 Å². The molecule has 2 aromatic rings. The van der Waals surface area contributed by atoms with Crippen LogP contribution in [-0.2, 0) is 28.7 Å². The highest BCUT2D eigenvalue weighted by molar-refractivity contribution is 5.82. The molecule has 0 saturated carbocycles. The average Bonchev–Trinajstić information content (AvgIpc) is 2.79. The van der Waals surface area contributed by atoms with E-state index in [1.165, 1.54) is 31.4 Å². The van der Waals surface area contributed by atoms with Crippen LogP contribution in [0.25, 0.3) is 0 Å². The molecule has 2 aromatic carbocycles. The predicted octanol–water partition coefficient (Wildman–Crippen LogP) is 3.47. The van der Waals surface area contributed by atoms with Crippen molar-refractivity contribution in [1.29, 1.82) is 0 Å². The van der Waals surface area contributed by atoms with Crippen LogP contribution in [0.4, 0.5) is 23.2 Å². The summed E-state index contributed by atoms with van der Waals surface area (Å²) in [5, 5.41) is 2.86. The second-order valence-electron chi connectivity index (χ2n) is 8.56. The van der Waals surface area contributed by atoms with E-state index in [0.29, 0.717) is 44.9 Å². The number of anilines is 1. The number of ether oxygens (including phenoxy) is 1. The Hall–Kier alpha value is -2.65. The van der Waals surface area contributed by atoms with Gasteiger partial charge in [-0.05, 0) is 47.9 Å². The summed E-state index contributed by atoms with van der Waals surface area (Å²) in [6.07, 6.45) is -4.19. The molecule has 9 heteroatoms. The number of rotatable bonds is 6. The summed E-state index contributed by atoms with van der Waals surface area (Å²) in [6, 6.07) is 9.97. The molecule has 0 aromatic heterocycles. The van der Waals surface area contributed by atoms with Gasteiger partial charge in [0.2, 0.25) is 5.91 Å². The van der Waals surface area contributed by atoms with E-state index >= 15 is 0 Å². The van der Waals surface area contributed by atoms with Crippen LogP contribution < -0.4 is 10.2 Å². The van der Waals surface area contributed by atoms with E-state index in [4.69, 9.17) is 4.74 Å². The Labute approximate surface area is 190 Å². The number of hydrogen-bond donors (Lipinski definition) is 1. The van der Waals surface area contributed by atoms with E-state index in [1.54, 1.807) is 12.1 Å². The largest absolute Gasteiger partial charge is 0.416 e. The van der Waals surface area contributed by atoms with Crippen molar-refractivity contribution < 1.29 is 27.1 Å². The van der Waals surface area contributed by atoms with E-state index in [9.17, 15) is 22.4 Å². The third-order valence-electron chi connectivity index (χ3n) is 6.38. The van der Waals surface area contributed by atoms with E-state index < -0.39 is 17.7 Å². The number of benzene rings is 2. The fourth-order valence-corrected chi connectivity index (χ4v) is 4.76. The summed E-state index contributed by atoms with van der Waals surface area (Å²) >= 11 is 0. The summed E-state index contributed by atoms with van der Waals surface area (Å²) < 4.78 is 58.2. The second-order valence-corrected chi connectivity index (χ2v) is 8.56. The number of nitrogens with one attached hydrogen (secondary N) is 1. The molecule has 1 N–H and O–H groups in total. The lowest BCUT2D eigenvalue weighted by Gasteiger charge is -2.49. The lowest BCUT2D eigenvalue weighted by molar-refractivity contribution is -0.137. The molecule has 5 nitrogen and oxygen atoms in total. The molecular formula is C24H27F4N3O2. The second kappa shape index (κ2) is 9.69. The van der Waals surface area contributed by atoms with Gasteiger partial charge in [-0.25, -0.2) is 4.39 Å². The molecule has 0 spiro atoms. The first kappa shape index (κ1) is 23.5. The molecule has 178 valence electrons. The van der Waals surface area contributed by atoms with Crippen LogP contribution in [0.2, 0.25) is 0 Å². The molecule has 0 radical (unpaired) electrons. The van der Waals surface area contributed by atoms with Gasteiger partial charge in [0.15, 0.2) is 0 Å². The van der Waals surface area contributed by atoms with Crippen LogP contribution >= 0.6 is 0 Å². The Kier molecular flexibility index (Phi) is 6.90. The van der Waals surface area contributed by atoms with Crippen molar-refractivity contribution in [3.8, 4) is 0 Å². The number of carbonyl (C=O) groups excluding carboxylic acids is 1. The topological polar surface area (TPSA) is 44.8 Å². The lowest BCUT2D eigenvalue weighted by atomic mass is 9.82. The van der Waals surface area contributed by atoms with Crippen molar-refractivity contribution in [3.63, 3.8) is 0 Å². The van der Waals surface area contributed by atoms with E-state index in [1.807, 2.05) is 0 Å². The van der Waals surface area contributed by atoms with Gasteiger partial charge in [0.25, 0.3) is 0 Å². The third kappa shape index (κ3) is 5.30. The maximum absolute atomic E-state index is 13.3. The number of amides is 1. The molecule has 1 fully saturated rings. The Morgan fingerprint density at radius 3 is 2.61 bits per heavy atom. The van der Waals surface area contributed by atoms with Crippen LogP contribution in [-0.4, -0.2) is 56.7 Å². The standard InChI is InChI=1S/C24H27F4N3O2/c1-33-11-8-29-23(32)20-13-17-12-18(24(26,27)28)4-7-21(17)31-10-9-30(15-22(20)31)14-16-2-5-19(25)6-3-16/h2-7,12,20,22H,8-11,13-15H2,1H3,(H,29,32)/t20-,22-/m1/s1. The van der Waals surface area contributed by atoms with Crippen molar-refractivity contribution in [2.24, 2.45) is 5.92 Å². The summed E-state index contributed by atoms with van der Waals surface area (Å²) in [6.45, 7) is 3.17. The van der Waals surface area contributed by atoms with Crippen LogP contribution in [0.5, 0.6) is 0 Å². The van der Waals surface area contributed by atoms with Gasteiger partial charge in [0, 0.05) is 45.5 Å². The Morgan fingerprint density at radius 2 is 1.91 bits per heavy atom. The smallest absolute Gasteiger partial charge is 0.383 e. The lowest BCUT2D eigenvalue weighted by Crippen LogP contribution is -2.61. The van der Waals surface area contributed by atoms with E-state index in [2.05, 4.69) is 15.1 Å². The molecule has 0 aliphatic carbocycles. The number of carbonyl (C=O) groups is 1. The predicted molar refractivity (Wildman–Crippen MR) is 116 cm³/mol. The van der Waals surface area contributed by atoms with Gasteiger partial charge in [-0.15, -0.1) is 0 Å². The van der Waals surface area contributed by atoms with Gasteiger partial charge in [0.1, 0.15) is 5.82 Å². The van der Waals surface area contributed by atoms with E-state index in [-0.39, 0.29) is 24.2 Å². The molecule has 0 bridgehead atoms. The summed E-state index contributed by atoms with van der Waals surface area (Å²) in [4.78, 5) is 17.3. The van der Waals surface area contributed by atoms with Gasteiger partial charge in [-0.2, -0.15) is 13.2 Å². The number of nitrogens with zero attached hydrogens (tertiary/aromatic N) is 2. The minimum absolute atomic E-state index is 0.175. The molecule has 2 aliphatic rings. The molecule has 0 unspecified atom stereocenters. The maximum atomic E-state index is 13.3. The Morgan fingerprint density at radius 1 is 1.15 bits per heavy atom. The number of methoxy groups -OCH3 is 1. The van der Waals surface area contributed by atoms with Crippen LogP contribution in [0.1, 0.15) is 16.7 Å². The molecule has 4 rings (SSSR count). The SMILES string of the molecule is COCCNC(=O)[C@@H]1Cc2cc(C(F)(F)F)ccc2N2CCN(Cc3ccc(F)cc3)C[C@H]12. The van der Waals surface area contributed by atoms with Gasteiger partial charge >= 0.3 is 6.18 Å². The molecule has 1 saturated heterocycles. The minimum atomic E-state index is -4.43. The molecule has 2 heterocycles. The Balaban J connectivity index is 1.58. The quantitative estimate of drug-likeness (QED) is 0.524. The van der Waals surface area contributed by atoms with E-state index in [0.717, 1.165) is 17.3 Å². The number of piperazine rings is 1. The molecule has 1 amide bonds. The van der Waals surface area contributed by atoms with Crippen molar-refractivity contribution in [2.75, 3.05) is 44.8 Å². The molecule has 33 heavy (non-hydrogen) atoms. The van der Waals surface area contributed by atoms with Crippen molar-refractivity contribution >= 4 is 11.6 Å². The van der Waals surface area contributed by atoms with Crippen LogP contribution in [0, 0.1) is 11.7 Å². The fourth-order valence-electron chi connectivity index (χ4n) is 4.76. The third-order valence-corrected chi connectivity index (χ3v) is 6.38. The molecule has 2 aliphatic heterocycles. The zero-order chi connectivity index (χ0) is 23.6. The highest BCUT2D eigenvalue weighted by Crippen LogP contribution is 2.39. The summed E-state index contributed by atoms with van der Waals surface area (Å²) in [7, 11) is 1.54. The maximum Gasteiger partial charge on any atom is 0.416 e. The number of alkyl halides is 3. The van der Waals surface area contributed by atoms with Gasteiger partial charge < -0.3 is 15.0 Å².